The molecule has 0 atom stereocenters. The molecular weight excluding hydrogens is 188 g/mol. The lowest BCUT2D eigenvalue weighted by Crippen LogP contribution is -2.08. The van der Waals surface area contributed by atoms with E-state index in [1.165, 1.54) is 25.4 Å². The highest BCUT2D eigenvalue weighted by Gasteiger charge is 2.16. The lowest BCUT2D eigenvalue weighted by Gasteiger charge is -1.99. The number of nitro groups is 1. The lowest BCUT2D eigenvalue weighted by molar-refractivity contribution is -0.385. The van der Waals surface area contributed by atoms with Crippen LogP contribution in [0, 0.1) is 10.1 Å². The van der Waals surface area contributed by atoms with E-state index in [4.69, 9.17) is 0 Å². The van der Waals surface area contributed by atoms with Gasteiger partial charge in [0.2, 0.25) is 0 Å². The van der Waals surface area contributed by atoms with E-state index in [0.717, 1.165) is 0 Å². The predicted molar refractivity (Wildman–Crippen MR) is 46.6 cm³/mol. The van der Waals surface area contributed by atoms with Crippen LogP contribution in [0.4, 0.5) is 5.69 Å². The Labute approximate surface area is 79.7 Å². The molecule has 14 heavy (non-hydrogen) atoms. The molecule has 0 saturated carbocycles. The number of hydrogen-bond acceptors (Lipinski definition) is 5. The summed E-state index contributed by atoms with van der Waals surface area (Å²) in [6.07, 6.45) is 1.21. The van der Waals surface area contributed by atoms with Gasteiger partial charge in [0.15, 0.2) is 0 Å². The van der Waals surface area contributed by atoms with Crippen molar-refractivity contribution in [3.8, 4) is 0 Å². The van der Waals surface area contributed by atoms with Gasteiger partial charge in [0.1, 0.15) is 5.69 Å². The third-order valence-electron chi connectivity index (χ3n) is 1.60. The maximum Gasteiger partial charge on any atom is 0.311 e. The van der Waals surface area contributed by atoms with Gasteiger partial charge in [-0.05, 0) is 6.07 Å². The zero-order chi connectivity index (χ0) is 10.6. The van der Waals surface area contributed by atoms with Gasteiger partial charge in [-0.25, -0.2) is 0 Å². The molecule has 6 heteroatoms. The van der Waals surface area contributed by atoms with E-state index in [1.54, 1.807) is 0 Å². The van der Waals surface area contributed by atoms with Crippen molar-refractivity contribution in [1.29, 1.82) is 0 Å². The summed E-state index contributed by atoms with van der Waals surface area (Å²) in [5.41, 5.74) is -0.0535. The van der Waals surface area contributed by atoms with Crippen LogP contribution < -0.4 is 0 Å². The van der Waals surface area contributed by atoms with Crippen LogP contribution in [0.5, 0.6) is 0 Å². The molecule has 0 aliphatic rings. The maximum atomic E-state index is 10.9. The van der Waals surface area contributed by atoms with E-state index in [9.17, 15) is 14.9 Å². The van der Waals surface area contributed by atoms with E-state index < -0.39 is 10.9 Å². The number of rotatable bonds is 3. The van der Waals surface area contributed by atoms with Gasteiger partial charge >= 0.3 is 5.97 Å². The SMILES string of the molecule is COC(=O)Cc1ncccc1[N+](=O)[O-]. The maximum absolute atomic E-state index is 10.9. The van der Waals surface area contributed by atoms with Crippen molar-refractivity contribution in [2.45, 2.75) is 6.42 Å². The summed E-state index contributed by atoms with van der Waals surface area (Å²) in [5.74, 6) is -0.549. The average molecular weight is 196 g/mol. The third-order valence-corrected chi connectivity index (χ3v) is 1.60. The second-order valence-electron chi connectivity index (χ2n) is 2.48. The number of carbonyl (C=O) groups excluding carboxylic acids is 1. The Hall–Kier alpha value is -1.98. The minimum absolute atomic E-state index is 0.115. The van der Waals surface area contributed by atoms with Crippen molar-refractivity contribution in [2.24, 2.45) is 0 Å². The van der Waals surface area contributed by atoms with Gasteiger partial charge < -0.3 is 4.74 Å². The van der Waals surface area contributed by atoms with Gasteiger partial charge in [0, 0.05) is 12.3 Å². The van der Waals surface area contributed by atoms with Crippen LogP contribution in [0.1, 0.15) is 5.69 Å². The standard InChI is InChI=1S/C8H8N2O4/c1-14-8(11)5-6-7(10(12)13)3-2-4-9-6/h2-4H,5H2,1H3. The van der Waals surface area contributed by atoms with Crippen LogP contribution in [0.3, 0.4) is 0 Å². The second kappa shape index (κ2) is 4.31. The molecule has 1 aromatic rings. The molecule has 0 aliphatic carbocycles. The molecule has 0 fully saturated rings. The number of pyridine rings is 1. The molecule has 0 amide bonds. The lowest BCUT2D eigenvalue weighted by atomic mass is 10.2. The van der Waals surface area contributed by atoms with Crippen LogP contribution in [-0.2, 0) is 16.0 Å². The predicted octanol–water partition coefficient (Wildman–Crippen LogP) is 0.705. The molecule has 0 unspecified atom stereocenters. The van der Waals surface area contributed by atoms with E-state index >= 15 is 0 Å². The summed E-state index contributed by atoms with van der Waals surface area (Å²) in [6.45, 7) is 0. The fraction of sp³-hybridized carbons (Fsp3) is 0.250. The van der Waals surface area contributed by atoms with Crippen LogP contribution in [0.2, 0.25) is 0 Å². The average Bonchev–Trinajstić information content (AvgIpc) is 2.18. The first-order chi connectivity index (χ1) is 6.65. The van der Waals surface area contributed by atoms with Crippen molar-refractivity contribution >= 4 is 11.7 Å². The normalized spacial score (nSPS) is 9.50. The van der Waals surface area contributed by atoms with E-state index in [2.05, 4.69) is 9.72 Å². The zero-order valence-corrected chi connectivity index (χ0v) is 7.47. The molecule has 6 nitrogen and oxygen atoms in total. The number of ether oxygens (including phenoxy) is 1. The Morgan fingerprint density at radius 2 is 2.43 bits per heavy atom. The van der Waals surface area contributed by atoms with Crippen LogP contribution in [0.15, 0.2) is 18.3 Å². The van der Waals surface area contributed by atoms with Crippen molar-refractivity contribution in [1.82, 2.24) is 4.98 Å². The van der Waals surface area contributed by atoms with E-state index in [1.807, 2.05) is 0 Å². The minimum Gasteiger partial charge on any atom is -0.469 e. The highest BCUT2D eigenvalue weighted by molar-refractivity contribution is 5.73. The molecule has 1 rings (SSSR count). The van der Waals surface area contributed by atoms with Gasteiger partial charge in [-0.1, -0.05) is 0 Å². The van der Waals surface area contributed by atoms with Gasteiger partial charge in [0.05, 0.1) is 18.5 Å². The van der Waals surface area contributed by atoms with E-state index in [-0.39, 0.29) is 17.8 Å². The monoisotopic (exact) mass is 196 g/mol. The Bertz CT molecular complexity index is 364. The van der Waals surface area contributed by atoms with Crippen LogP contribution in [0.25, 0.3) is 0 Å². The number of nitrogens with zero attached hydrogens (tertiary/aromatic N) is 2. The first-order valence-corrected chi connectivity index (χ1v) is 3.80. The Kier molecular flexibility index (Phi) is 3.11. The molecule has 74 valence electrons. The first kappa shape index (κ1) is 10.1. The summed E-state index contributed by atoms with van der Waals surface area (Å²) in [4.78, 5) is 24.5. The smallest absolute Gasteiger partial charge is 0.311 e. The quantitative estimate of drug-likeness (QED) is 0.403. The molecule has 0 aliphatic heterocycles. The minimum atomic E-state index is -0.578. The summed E-state index contributed by atoms with van der Waals surface area (Å²) in [5, 5.41) is 10.5. The second-order valence-corrected chi connectivity index (χ2v) is 2.48. The van der Waals surface area contributed by atoms with Crippen LogP contribution >= 0.6 is 0 Å². The molecule has 0 N–H and O–H groups in total. The fourth-order valence-electron chi connectivity index (χ4n) is 0.941. The van der Waals surface area contributed by atoms with Crippen molar-refractivity contribution in [2.75, 3.05) is 7.11 Å². The molecule has 0 spiro atoms. The molecular formula is C8H8N2O4. The van der Waals surface area contributed by atoms with E-state index in [0.29, 0.717) is 0 Å². The van der Waals surface area contributed by atoms with Gasteiger partial charge in [-0.2, -0.15) is 0 Å². The molecule has 0 saturated heterocycles. The van der Waals surface area contributed by atoms with Crippen LogP contribution in [-0.4, -0.2) is 23.0 Å². The number of carbonyl (C=O) groups is 1. The molecule has 1 aromatic heterocycles. The molecule has 1 heterocycles. The Morgan fingerprint density at radius 1 is 1.71 bits per heavy atom. The number of methoxy groups -OCH3 is 1. The summed E-state index contributed by atoms with van der Waals surface area (Å²) in [6, 6.07) is 2.74. The van der Waals surface area contributed by atoms with Crippen molar-refractivity contribution in [3.05, 3.63) is 34.1 Å². The summed E-state index contributed by atoms with van der Waals surface area (Å²) >= 11 is 0. The van der Waals surface area contributed by atoms with Gasteiger partial charge in [0.25, 0.3) is 5.69 Å². The number of esters is 1. The highest BCUT2D eigenvalue weighted by Crippen LogP contribution is 2.15. The number of hydrogen-bond donors (Lipinski definition) is 0. The van der Waals surface area contributed by atoms with Crippen molar-refractivity contribution < 1.29 is 14.5 Å². The Balaban J connectivity index is 2.95. The fourth-order valence-corrected chi connectivity index (χ4v) is 0.941. The third kappa shape index (κ3) is 2.25. The summed E-state index contributed by atoms with van der Waals surface area (Å²) in [7, 11) is 1.22. The Morgan fingerprint density at radius 3 is 3.00 bits per heavy atom. The number of aromatic nitrogens is 1. The van der Waals surface area contributed by atoms with Gasteiger partial charge in [-0.3, -0.25) is 19.9 Å². The molecule has 0 aromatic carbocycles. The largest absolute Gasteiger partial charge is 0.469 e. The highest BCUT2D eigenvalue weighted by atomic mass is 16.6. The molecule has 0 bridgehead atoms. The molecule has 0 radical (unpaired) electrons. The first-order valence-electron chi connectivity index (χ1n) is 3.80. The summed E-state index contributed by atoms with van der Waals surface area (Å²) < 4.78 is 4.39. The van der Waals surface area contributed by atoms with Crippen molar-refractivity contribution in [3.63, 3.8) is 0 Å². The topological polar surface area (TPSA) is 82.3 Å². The van der Waals surface area contributed by atoms with Gasteiger partial charge in [-0.15, -0.1) is 0 Å². The zero-order valence-electron chi connectivity index (χ0n) is 7.47.